The first kappa shape index (κ1) is 12.0. The monoisotopic (exact) mass is 237 g/mol. The number of rotatable bonds is 2. The number of nitrogens with zero attached hydrogens (tertiary/aromatic N) is 1. The van der Waals surface area contributed by atoms with Crippen LogP contribution >= 0.6 is 0 Å². The van der Waals surface area contributed by atoms with E-state index in [-0.39, 0.29) is 0 Å². The van der Waals surface area contributed by atoms with Crippen LogP contribution in [0.3, 0.4) is 0 Å². The summed E-state index contributed by atoms with van der Waals surface area (Å²) >= 11 is 0. The van der Waals surface area contributed by atoms with Crippen molar-refractivity contribution in [3.05, 3.63) is 0 Å². The second-order valence-corrected chi connectivity index (χ2v) is 6.80. The Bertz CT molecular complexity index is 254. The van der Waals surface area contributed by atoms with Crippen LogP contribution in [-0.2, 0) is 4.74 Å². The van der Waals surface area contributed by atoms with Crippen LogP contribution in [0.25, 0.3) is 0 Å². The summed E-state index contributed by atoms with van der Waals surface area (Å²) in [6, 6.07) is 0.904. The van der Waals surface area contributed by atoms with E-state index in [2.05, 4.69) is 18.7 Å². The van der Waals surface area contributed by atoms with Crippen molar-refractivity contribution in [3.63, 3.8) is 0 Å². The van der Waals surface area contributed by atoms with Gasteiger partial charge in [-0.15, -0.1) is 0 Å². The fourth-order valence-electron chi connectivity index (χ4n) is 3.92. The van der Waals surface area contributed by atoms with E-state index in [0.29, 0.717) is 5.60 Å². The number of ether oxygens (including phenoxy) is 1. The molecule has 0 atom stereocenters. The lowest BCUT2D eigenvalue weighted by atomic mass is 9.72. The molecule has 1 saturated carbocycles. The van der Waals surface area contributed by atoms with Crippen LogP contribution in [0, 0.1) is 11.8 Å². The first-order valence-corrected chi connectivity index (χ1v) is 7.57. The van der Waals surface area contributed by atoms with Crippen molar-refractivity contribution in [1.82, 2.24) is 4.90 Å². The van der Waals surface area contributed by atoms with Gasteiger partial charge in [-0.3, -0.25) is 0 Å². The van der Waals surface area contributed by atoms with E-state index in [1.807, 2.05) is 0 Å². The Labute approximate surface area is 106 Å². The third-order valence-corrected chi connectivity index (χ3v) is 5.50. The molecule has 2 heteroatoms. The molecule has 0 radical (unpaired) electrons. The van der Waals surface area contributed by atoms with Crippen molar-refractivity contribution in [1.29, 1.82) is 0 Å². The lowest BCUT2D eigenvalue weighted by Gasteiger charge is -2.49. The molecular formula is C15H27NO. The molecular weight excluding hydrogens is 210 g/mol. The van der Waals surface area contributed by atoms with Gasteiger partial charge in [-0.25, -0.2) is 0 Å². The van der Waals surface area contributed by atoms with E-state index < -0.39 is 0 Å². The smallest absolute Gasteiger partial charge is 0.0707 e. The molecule has 17 heavy (non-hydrogen) atoms. The highest BCUT2D eigenvalue weighted by atomic mass is 16.5. The van der Waals surface area contributed by atoms with E-state index in [0.717, 1.165) is 24.5 Å². The zero-order valence-electron chi connectivity index (χ0n) is 11.5. The summed E-state index contributed by atoms with van der Waals surface area (Å²) in [5, 5.41) is 0. The van der Waals surface area contributed by atoms with Gasteiger partial charge in [-0.2, -0.15) is 0 Å². The summed E-state index contributed by atoms with van der Waals surface area (Å²) < 4.78 is 5.99. The van der Waals surface area contributed by atoms with Crippen molar-refractivity contribution in [2.24, 2.45) is 11.8 Å². The topological polar surface area (TPSA) is 12.5 Å². The molecule has 98 valence electrons. The molecule has 2 nitrogen and oxygen atoms in total. The van der Waals surface area contributed by atoms with Gasteiger partial charge in [-0.05, 0) is 50.4 Å². The van der Waals surface area contributed by atoms with E-state index >= 15 is 0 Å². The minimum absolute atomic E-state index is 0.303. The van der Waals surface area contributed by atoms with E-state index in [1.54, 1.807) is 0 Å². The van der Waals surface area contributed by atoms with Crippen LogP contribution in [0.1, 0.15) is 52.4 Å². The minimum Gasteiger partial charge on any atom is -0.375 e. The summed E-state index contributed by atoms with van der Waals surface area (Å²) in [5.74, 6) is 1.89. The highest BCUT2D eigenvalue weighted by Crippen LogP contribution is 2.41. The summed E-state index contributed by atoms with van der Waals surface area (Å²) in [6.07, 6.45) is 8.09. The molecule has 0 amide bonds. The van der Waals surface area contributed by atoms with Gasteiger partial charge < -0.3 is 9.64 Å². The van der Waals surface area contributed by atoms with Gasteiger partial charge in [0.1, 0.15) is 0 Å². The summed E-state index contributed by atoms with van der Waals surface area (Å²) in [4.78, 5) is 2.74. The van der Waals surface area contributed by atoms with Gasteiger partial charge in [0.15, 0.2) is 0 Å². The predicted octanol–water partition coefficient (Wildman–Crippen LogP) is 3.07. The Morgan fingerprint density at radius 1 is 1.12 bits per heavy atom. The molecule has 2 aliphatic heterocycles. The SMILES string of the molecule is CC(C)C1CC(N2CCC3(CCCO3)CC2)C1. The molecule has 3 fully saturated rings. The average Bonchev–Trinajstić information content (AvgIpc) is 2.67. The maximum atomic E-state index is 5.99. The molecule has 0 N–H and O–H groups in total. The predicted molar refractivity (Wildman–Crippen MR) is 70.1 cm³/mol. The molecule has 0 aromatic heterocycles. The third kappa shape index (κ3) is 2.26. The molecule has 0 aromatic carbocycles. The zero-order valence-corrected chi connectivity index (χ0v) is 11.5. The quantitative estimate of drug-likeness (QED) is 0.732. The van der Waals surface area contributed by atoms with Crippen LogP contribution in [0.15, 0.2) is 0 Å². The molecule has 0 bridgehead atoms. The average molecular weight is 237 g/mol. The molecule has 1 spiro atoms. The number of piperidine rings is 1. The van der Waals surface area contributed by atoms with Crippen LogP contribution < -0.4 is 0 Å². The molecule has 3 aliphatic rings. The van der Waals surface area contributed by atoms with E-state index in [9.17, 15) is 0 Å². The molecule has 2 saturated heterocycles. The third-order valence-electron chi connectivity index (χ3n) is 5.50. The first-order chi connectivity index (χ1) is 8.19. The van der Waals surface area contributed by atoms with Crippen LogP contribution in [0.2, 0.25) is 0 Å². The summed E-state index contributed by atoms with van der Waals surface area (Å²) in [5.41, 5.74) is 0.303. The standard InChI is InChI=1S/C15H27NO/c1-12(2)13-10-14(11-13)16-7-5-15(6-8-16)4-3-9-17-15/h12-14H,3-11H2,1-2H3. The van der Waals surface area contributed by atoms with Crippen molar-refractivity contribution in [2.45, 2.75) is 64.0 Å². The maximum Gasteiger partial charge on any atom is 0.0707 e. The fraction of sp³-hybridized carbons (Fsp3) is 1.00. The highest BCUT2D eigenvalue weighted by molar-refractivity contribution is 4.95. The number of likely N-dealkylation sites (tertiary alicyclic amines) is 1. The van der Waals surface area contributed by atoms with Crippen molar-refractivity contribution in [2.75, 3.05) is 19.7 Å². The van der Waals surface area contributed by atoms with Gasteiger partial charge in [0.2, 0.25) is 0 Å². The summed E-state index contributed by atoms with van der Waals surface area (Å²) in [6.45, 7) is 8.33. The van der Waals surface area contributed by atoms with Crippen molar-refractivity contribution >= 4 is 0 Å². The van der Waals surface area contributed by atoms with Gasteiger partial charge in [0.05, 0.1) is 5.60 Å². The Hall–Kier alpha value is -0.0800. The molecule has 2 heterocycles. The number of hydrogen-bond acceptors (Lipinski definition) is 2. The molecule has 3 rings (SSSR count). The minimum atomic E-state index is 0.303. The molecule has 1 aliphatic carbocycles. The highest BCUT2D eigenvalue weighted by Gasteiger charge is 2.42. The van der Waals surface area contributed by atoms with Crippen LogP contribution in [0.4, 0.5) is 0 Å². The normalized spacial score (nSPS) is 37.6. The largest absolute Gasteiger partial charge is 0.375 e. The Morgan fingerprint density at radius 2 is 1.82 bits per heavy atom. The van der Waals surface area contributed by atoms with E-state index in [4.69, 9.17) is 4.74 Å². The lowest BCUT2D eigenvalue weighted by Crippen LogP contribution is -2.52. The van der Waals surface area contributed by atoms with Crippen molar-refractivity contribution < 1.29 is 4.74 Å². The van der Waals surface area contributed by atoms with E-state index in [1.165, 1.54) is 51.6 Å². The van der Waals surface area contributed by atoms with Crippen molar-refractivity contribution in [3.8, 4) is 0 Å². The van der Waals surface area contributed by atoms with Gasteiger partial charge >= 0.3 is 0 Å². The maximum absolute atomic E-state index is 5.99. The van der Waals surface area contributed by atoms with Crippen LogP contribution in [0.5, 0.6) is 0 Å². The fourth-order valence-corrected chi connectivity index (χ4v) is 3.92. The second kappa shape index (κ2) is 4.55. The van der Waals surface area contributed by atoms with Gasteiger partial charge in [0, 0.05) is 25.7 Å². The number of hydrogen-bond donors (Lipinski definition) is 0. The summed E-state index contributed by atoms with van der Waals surface area (Å²) in [7, 11) is 0. The molecule has 0 aromatic rings. The van der Waals surface area contributed by atoms with Gasteiger partial charge in [-0.1, -0.05) is 13.8 Å². The Kier molecular flexibility index (Phi) is 3.20. The zero-order chi connectivity index (χ0) is 11.9. The molecule has 0 unspecified atom stereocenters. The Balaban J connectivity index is 1.46. The first-order valence-electron chi connectivity index (χ1n) is 7.57. The lowest BCUT2D eigenvalue weighted by molar-refractivity contribution is -0.0654. The van der Waals surface area contributed by atoms with Crippen LogP contribution in [-0.4, -0.2) is 36.2 Å². The Morgan fingerprint density at radius 3 is 2.35 bits per heavy atom. The van der Waals surface area contributed by atoms with Gasteiger partial charge in [0.25, 0.3) is 0 Å². The second-order valence-electron chi connectivity index (χ2n) is 6.80.